The fraction of sp³-hybridized carbons (Fsp3) is 0.455. The van der Waals surface area contributed by atoms with Crippen molar-refractivity contribution < 1.29 is 4.79 Å². The van der Waals surface area contributed by atoms with Crippen LogP contribution in [0, 0.1) is 0 Å². The summed E-state index contributed by atoms with van der Waals surface area (Å²) in [5.74, 6) is -0.204. The molecule has 1 heterocycles. The summed E-state index contributed by atoms with van der Waals surface area (Å²) in [6.07, 6.45) is 0. The highest BCUT2D eigenvalue weighted by atomic mass is 35.5. The molecule has 1 aromatic heterocycles. The summed E-state index contributed by atoms with van der Waals surface area (Å²) in [7, 11) is 3.91. The quantitative estimate of drug-likeness (QED) is 0.856. The van der Waals surface area contributed by atoms with Crippen LogP contribution in [0.25, 0.3) is 0 Å². The van der Waals surface area contributed by atoms with Gasteiger partial charge in [-0.1, -0.05) is 23.2 Å². The van der Waals surface area contributed by atoms with Crippen LogP contribution in [0.2, 0.25) is 10.3 Å². The second-order valence-electron chi connectivity index (χ2n) is 4.02. The maximum atomic E-state index is 11.8. The van der Waals surface area contributed by atoms with Crippen LogP contribution in [0.5, 0.6) is 0 Å². The number of hydrogen-bond acceptors (Lipinski definition) is 3. The zero-order valence-electron chi connectivity index (χ0n) is 10.00. The maximum Gasteiger partial charge on any atom is 0.251 e. The predicted molar refractivity (Wildman–Crippen MR) is 69.7 cm³/mol. The molecule has 1 aromatic rings. The minimum absolute atomic E-state index is 0.204. The van der Waals surface area contributed by atoms with Crippen LogP contribution in [-0.2, 0) is 0 Å². The number of hydrogen-bond donors (Lipinski definition) is 1. The van der Waals surface area contributed by atoms with Gasteiger partial charge in [-0.05, 0) is 33.2 Å². The average Bonchev–Trinajstić information content (AvgIpc) is 2.23. The lowest BCUT2D eigenvalue weighted by Gasteiger charge is -2.19. The normalized spacial score (nSPS) is 12.6. The van der Waals surface area contributed by atoms with Crippen LogP contribution in [0.4, 0.5) is 0 Å². The second kappa shape index (κ2) is 6.19. The molecule has 1 N–H and O–H groups in total. The molecule has 0 saturated heterocycles. The van der Waals surface area contributed by atoms with Gasteiger partial charge < -0.3 is 10.2 Å². The Kier molecular flexibility index (Phi) is 5.18. The first-order chi connectivity index (χ1) is 7.90. The molecule has 0 radical (unpaired) electrons. The minimum Gasteiger partial charge on any atom is -0.350 e. The third kappa shape index (κ3) is 4.50. The van der Waals surface area contributed by atoms with Crippen molar-refractivity contribution >= 4 is 29.1 Å². The molecule has 1 unspecified atom stereocenters. The summed E-state index contributed by atoms with van der Waals surface area (Å²) in [6, 6.07) is 3.23. The molecule has 0 spiro atoms. The summed E-state index contributed by atoms with van der Waals surface area (Å²) in [5, 5.41) is 3.23. The van der Waals surface area contributed by atoms with E-state index < -0.39 is 0 Å². The van der Waals surface area contributed by atoms with E-state index in [0.717, 1.165) is 0 Å². The van der Waals surface area contributed by atoms with Gasteiger partial charge in [0.1, 0.15) is 10.3 Å². The van der Waals surface area contributed by atoms with Crippen molar-refractivity contribution in [2.75, 3.05) is 20.6 Å². The highest BCUT2D eigenvalue weighted by Gasteiger charge is 2.10. The Morgan fingerprint density at radius 1 is 1.41 bits per heavy atom. The van der Waals surface area contributed by atoms with Gasteiger partial charge in [-0.25, -0.2) is 4.98 Å². The van der Waals surface area contributed by atoms with Crippen molar-refractivity contribution in [1.29, 1.82) is 0 Å². The van der Waals surface area contributed by atoms with Gasteiger partial charge in [0, 0.05) is 18.2 Å². The van der Waals surface area contributed by atoms with E-state index >= 15 is 0 Å². The Morgan fingerprint density at radius 2 is 1.94 bits per heavy atom. The third-order valence-electron chi connectivity index (χ3n) is 2.46. The van der Waals surface area contributed by atoms with Gasteiger partial charge in [0.2, 0.25) is 0 Å². The lowest BCUT2D eigenvalue weighted by molar-refractivity contribution is 0.0943. The number of rotatable bonds is 4. The van der Waals surface area contributed by atoms with Gasteiger partial charge in [0.05, 0.1) is 0 Å². The molecule has 0 aliphatic carbocycles. The molecule has 94 valence electrons. The molecular weight excluding hydrogens is 261 g/mol. The fourth-order valence-electron chi connectivity index (χ4n) is 1.12. The standard InChI is InChI=1S/C11H15Cl2N3O/c1-7(16(2)3)6-14-11(17)8-4-9(12)15-10(13)5-8/h4-5,7H,6H2,1-3H3,(H,14,17). The zero-order chi connectivity index (χ0) is 13.0. The number of pyridine rings is 1. The number of nitrogens with one attached hydrogen (secondary N) is 1. The number of halogens is 2. The summed E-state index contributed by atoms with van der Waals surface area (Å²) in [4.78, 5) is 17.6. The minimum atomic E-state index is -0.204. The molecule has 1 atom stereocenters. The highest BCUT2D eigenvalue weighted by Crippen LogP contribution is 2.14. The van der Waals surface area contributed by atoms with Crippen LogP contribution >= 0.6 is 23.2 Å². The molecule has 4 nitrogen and oxygen atoms in total. The van der Waals surface area contributed by atoms with E-state index in [9.17, 15) is 4.79 Å². The van der Waals surface area contributed by atoms with E-state index in [1.165, 1.54) is 12.1 Å². The largest absolute Gasteiger partial charge is 0.350 e. The summed E-state index contributed by atoms with van der Waals surface area (Å²) < 4.78 is 0. The molecular formula is C11H15Cl2N3O. The molecule has 0 aliphatic heterocycles. The molecule has 0 aromatic carbocycles. The lowest BCUT2D eigenvalue weighted by Crippen LogP contribution is -2.38. The number of amides is 1. The Labute approximate surface area is 111 Å². The Balaban J connectivity index is 2.64. The van der Waals surface area contributed by atoms with Crippen molar-refractivity contribution in [2.24, 2.45) is 0 Å². The van der Waals surface area contributed by atoms with Crippen LogP contribution in [0.1, 0.15) is 17.3 Å². The Hall–Kier alpha value is -0.840. The van der Waals surface area contributed by atoms with Crippen molar-refractivity contribution in [3.8, 4) is 0 Å². The van der Waals surface area contributed by atoms with Crippen LogP contribution < -0.4 is 5.32 Å². The van der Waals surface area contributed by atoms with Gasteiger partial charge in [0.15, 0.2) is 0 Å². The van der Waals surface area contributed by atoms with Gasteiger partial charge in [-0.3, -0.25) is 4.79 Å². The van der Waals surface area contributed by atoms with E-state index in [2.05, 4.69) is 10.3 Å². The van der Waals surface area contributed by atoms with Gasteiger partial charge >= 0.3 is 0 Å². The average molecular weight is 276 g/mol. The van der Waals surface area contributed by atoms with Gasteiger partial charge in [0.25, 0.3) is 5.91 Å². The van der Waals surface area contributed by atoms with Crippen molar-refractivity contribution in [3.05, 3.63) is 28.0 Å². The topological polar surface area (TPSA) is 45.2 Å². The van der Waals surface area contributed by atoms with E-state index in [4.69, 9.17) is 23.2 Å². The summed E-state index contributed by atoms with van der Waals surface area (Å²) in [5.41, 5.74) is 0.418. The Morgan fingerprint density at radius 3 is 2.41 bits per heavy atom. The van der Waals surface area contributed by atoms with E-state index in [-0.39, 0.29) is 22.3 Å². The van der Waals surface area contributed by atoms with Gasteiger partial charge in [-0.15, -0.1) is 0 Å². The van der Waals surface area contributed by atoms with Crippen LogP contribution in [-0.4, -0.2) is 42.5 Å². The molecule has 0 bridgehead atoms. The van der Waals surface area contributed by atoms with E-state index in [1.807, 2.05) is 25.9 Å². The van der Waals surface area contributed by atoms with Crippen LogP contribution in [0.3, 0.4) is 0 Å². The van der Waals surface area contributed by atoms with E-state index in [1.54, 1.807) is 0 Å². The molecule has 17 heavy (non-hydrogen) atoms. The number of carbonyl (C=O) groups excluding carboxylic acids is 1. The van der Waals surface area contributed by atoms with Crippen LogP contribution in [0.15, 0.2) is 12.1 Å². The first-order valence-corrected chi connectivity index (χ1v) is 5.93. The molecule has 0 fully saturated rings. The highest BCUT2D eigenvalue weighted by molar-refractivity contribution is 6.33. The maximum absolute atomic E-state index is 11.8. The zero-order valence-corrected chi connectivity index (χ0v) is 11.5. The molecule has 1 rings (SSSR count). The lowest BCUT2D eigenvalue weighted by atomic mass is 10.2. The monoisotopic (exact) mass is 275 g/mol. The molecule has 6 heteroatoms. The molecule has 1 amide bonds. The fourth-order valence-corrected chi connectivity index (χ4v) is 1.58. The van der Waals surface area contributed by atoms with Crippen molar-refractivity contribution in [1.82, 2.24) is 15.2 Å². The summed E-state index contributed by atoms with van der Waals surface area (Å²) in [6.45, 7) is 2.58. The number of carbonyl (C=O) groups is 1. The molecule has 0 saturated carbocycles. The Bertz CT molecular complexity index is 389. The van der Waals surface area contributed by atoms with E-state index in [0.29, 0.717) is 12.1 Å². The SMILES string of the molecule is CC(CNC(=O)c1cc(Cl)nc(Cl)c1)N(C)C. The number of nitrogens with zero attached hydrogens (tertiary/aromatic N) is 2. The molecule has 0 aliphatic rings. The first-order valence-electron chi connectivity index (χ1n) is 5.18. The predicted octanol–water partition coefficient (Wildman–Crippen LogP) is 2.07. The first kappa shape index (κ1) is 14.2. The van der Waals surface area contributed by atoms with Gasteiger partial charge in [-0.2, -0.15) is 0 Å². The second-order valence-corrected chi connectivity index (χ2v) is 4.80. The smallest absolute Gasteiger partial charge is 0.251 e. The number of likely N-dealkylation sites (N-methyl/N-ethyl adjacent to an activating group) is 1. The van der Waals surface area contributed by atoms with Crippen molar-refractivity contribution in [2.45, 2.75) is 13.0 Å². The third-order valence-corrected chi connectivity index (χ3v) is 2.85. The van der Waals surface area contributed by atoms with Crippen molar-refractivity contribution in [3.63, 3.8) is 0 Å². The summed E-state index contributed by atoms with van der Waals surface area (Å²) >= 11 is 11.4. The number of aromatic nitrogens is 1.